The molecule has 0 radical (unpaired) electrons. The van der Waals surface area contributed by atoms with Crippen LogP contribution < -0.4 is 0 Å². The molecule has 1 aromatic heterocycles. The lowest BCUT2D eigenvalue weighted by Crippen LogP contribution is -2.09. The largest absolute Gasteiger partial charge is 0.293 e. The molecule has 1 atom stereocenters. The molecular formula is C8H9Br2NO. The van der Waals surface area contributed by atoms with Crippen molar-refractivity contribution in [2.75, 3.05) is 0 Å². The van der Waals surface area contributed by atoms with E-state index in [1.54, 1.807) is 31.5 Å². The number of rotatable bonds is 2. The number of carbonyl (C=O) groups excluding carboxylic acids is 1. The maximum absolute atomic E-state index is 11.3. The molecule has 0 saturated heterocycles. The third-order valence-electron chi connectivity index (χ3n) is 1.31. The van der Waals surface area contributed by atoms with Crippen molar-refractivity contribution in [1.29, 1.82) is 0 Å². The summed E-state index contributed by atoms with van der Waals surface area (Å²) < 4.78 is 0. The van der Waals surface area contributed by atoms with Crippen molar-refractivity contribution < 1.29 is 4.79 Å². The van der Waals surface area contributed by atoms with E-state index in [-0.39, 0.29) is 27.6 Å². The Morgan fingerprint density at radius 2 is 2.33 bits per heavy atom. The molecule has 1 unspecified atom stereocenters. The van der Waals surface area contributed by atoms with E-state index in [1.165, 1.54) is 0 Å². The zero-order valence-corrected chi connectivity index (χ0v) is 9.83. The van der Waals surface area contributed by atoms with Gasteiger partial charge in [-0.15, -0.1) is 17.0 Å². The second kappa shape index (κ2) is 5.43. The molecule has 2 nitrogen and oxygen atoms in total. The van der Waals surface area contributed by atoms with Gasteiger partial charge in [0.25, 0.3) is 0 Å². The lowest BCUT2D eigenvalue weighted by atomic mass is 10.1. The summed E-state index contributed by atoms with van der Waals surface area (Å²) in [7, 11) is 0. The van der Waals surface area contributed by atoms with E-state index in [4.69, 9.17) is 0 Å². The van der Waals surface area contributed by atoms with Crippen molar-refractivity contribution in [3.05, 3.63) is 30.1 Å². The summed E-state index contributed by atoms with van der Waals surface area (Å²) in [6.07, 6.45) is 3.22. The minimum Gasteiger partial charge on any atom is -0.293 e. The van der Waals surface area contributed by atoms with Crippen LogP contribution in [0.15, 0.2) is 24.5 Å². The number of nitrogens with zero attached hydrogens (tertiary/aromatic N) is 1. The Balaban J connectivity index is 0.00000121. The van der Waals surface area contributed by atoms with Gasteiger partial charge in [-0.2, -0.15) is 0 Å². The van der Waals surface area contributed by atoms with Crippen molar-refractivity contribution in [2.24, 2.45) is 0 Å². The van der Waals surface area contributed by atoms with Crippen molar-refractivity contribution >= 4 is 38.7 Å². The molecule has 66 valence electrons. The normalized spacial score (nSPS) is 11.5. The highest BCUT2D eigenvalue weighted by Gasteiger charge is 2.10. The quantitative estimate of drug-likeness (QED) is 0.620. The molecule has 1 rings (SSSR count). The third-order valence-corrected chi connectivity index (χ3v) is 1.72. The monoisotopic (exact) mass is 293 g/mol. The fraction of sp³-hybridized carbons (Fsp3) is 0.250. The number of ketones is 1. The molecule has 0 aromatic carbocycles. The highest BCUT2D eigenvalue weighted by atomic mass is 79.9. The van der Waals surface area contributed by atoms with E-state index in [9.17, 15) is 4.79 Å². The smallest absolute Gasteiger partial charge is 0.177 e. The van der Waals surface area contributed by atoms with Gasteiger partial charge in [0.2, 0.25) is 0 Å². The van der Waals surface area contributed by atoms with Gasteiger partial charge in [-0.05, 0) is 19.1 Å². The first kappa shape index (κ1) is 11.8. The molecule has 0 bridgehead atoms. The van der Waals surface area contributed by atoms with Gasteiger partial charge in [-0.3, -0.25) is 9.78 Å². The SMILES string of the molecule is Br.CC(Br)C(=O)c1cccnc1. The molecule has 0 saturated carbocycles. The second-order valence-corrected chi connectivity index (χ2v) is 3.60. The predicted molar refractivity (Wildman–Crippen MR) is 57.3 cm³/mol. The standard InChI is InChI=1S/C8H8BrNO.BrH/c1-6(9)8(11)7-3-2-4-10-5-7;/h2-6H,1H3;1H. The zero-order chi connectivity index (χ0) is 8.27. The first-order chi connectivity index (χ1) is 5.22. The van der Waals surface area contributed by atoms with E-state index < -0.39 is 0 Å². The zero-order valence-electron chi connectivity index (χ0n) is 6.53. The lowest BCUT2D eigenvalue weighted by molar-refractivity contribution is 0.0995. The number of hydrogen-bond acceptors (Lipinski definition) is 2. The number of Topliss-reactive ketones (excluding diaryl/α,β-unsaturated/α-hetero) is 1. The number of halogens is 2. The van der Waals surface area contributed by atoms with Crippen LogP contribution in [0.1, 0.15) is 17.3 Å². The Labute approximate surface area is 90.3 Å². The number of hydrogen-bond donors (Lipinski definition) is 0. The maximum Gasteiger partial charge on any atom is 0.177 e. The van der Waals surface area contributed by atoms with Gasteiger partial charge in [-0.1, -0.05) is 15.9 Å². The highest BCUT2D eigenvalue weighted by Crippen LogP contribution is 2.07. The summed E-state index contributed by atoms with van der Waals surface area (Å²) in [5.74, 6) is 0.0677. The van der Waals surface area contributed by atoms with Gasteiger partial charge >= 0.3 is 0 Å². The molecule has 12 heavy (non-hydrogen) atoms. The number of carbonyl (C=O) groups is 1. The van der Waals surface area contributed by atoms with Crippen LogP contribution >= 0.6 is 32.9 Å². The Kier molecular flexibility index (Phi) is 5.33. The summed E-state index contributed by atoms with van der Waals surface area (Å²) in [6, 6.07) is 3.51. The molecule has 1 heterocycles. The van der Waals surface area contributed by atoms with Crippen LogP contribution in [-0.4, -0.2) is 15.6 Å². The molecule has 0 aliphatic rings. The van der Waals surface area contributed by atoms with Gasteiger partial charge in [0, 0.05) is 18.0 Å². The molecule has 1 aromatic rings. The summed E-state index contributed by atoms with van der Waals surface area (Å²) in [4.78, 5) is 15.0. The van der Waals surface area contributed by atoms with E-state index in [0.717, 1.165) is 0 Å². The van der Waals surface area contributed by atoms with E-state index in [2.05, 4.69) is 20.9 Å². The third kappa shape index (κ3) is 3.03. The Hall–Kier alpha value is -0.220. The van der Waals surface area contributed by atoms with Gasteiger partial charge < -0.3 is 0 Å². The topological polar surface area (TPSA) is 30.0 Å². The fourth-order valence-corrected chi connectivity index (χ4v) is 1.00. The molecule has 4 heteroatoms. The fourth-order valence-electron chi connectivity index (χ4n) is 0.738. The number of pyridine rings is 1. The molecule has 0 aliphatic heterocycles. The average Bonchev–Trinajstić information content (AvgIpc) is 2.05. The van der Waals surface area contributed by atoms with Crippen LogP contribution in [-0.2, 0) is 0 Å². The van der Waals surface area contributed by atoms with E-state index in [1.807, 2.05) is 0 Å². The highest BCUT2D eigenvalue weighted by molar-refractivity contribution is 9.10. The first-order valence-corrected chi connectivity index (χ1v) is 4.21. The van der Waals surface area contributed by atoms with Gasteiger partial charge in [0.1, 0.15) is 0 Å². The number of alkyl halides is 1. The van der Waals surface area contributed by atoms with E-state index >= 15 is 0 Å². The van der Waals surface area contributed by atoms with E-state index in [0.29, 0.717) is 5.56 Å². The van der Waals surface area contributed by atoms with Crippen LogP contribution in [0.5, 0.6) is 0 Å². The molecular weight excluding hydrogens is 286 g/mol. The van der Waals surface area contributed by atoms with Crippen molar-refractivity contribution in [3.63, 3.8) is 0 Å². The molecule has 0 N–H and O–H groups in total. The van der Waals surface area contributed by atoms with Crippen molar-refractivity contribution in [3.8, 4) is 0 Å². The molecule has 0 spiro atoms. The Morgan fingerprint density at radius 3 is 2.75 bits per heavy atom. The molecule has 0 aliphatic carbocycles. The van der Waals surface area contributed by atoms with Crippen molar-refractivity contribution in [1.82, 2.24) is 4.98 Å². The second-order valence-electron chi connectivity index (χ2n) is 2.22. The van der Waals surface area contributed by atoms with Crippen molar-refractivity contribution in [2.45, 2.75) is 11.8 Å². The van der Waals surface area contributed by atoms with Gasteiger partial charge in [0.05, 0.1) is 4.83 Å². The lowest BCUT2D eigenvalue weighted by Gasteiger charge is -1.99. The molecule has 0 fully saturated rings. The van der Waals surface area contributed by atoms with Crippen LogP contribution in [0.4, 0.5) is 0 Å². The minimum absolute atomic E-state index is 0. The van der Waals surface area contributed by atoms with Gasteiger partial charge in [0.15, 0.2) is 5.78 Å². The van der Waals surface area contributed by atoms with Crippen LogP contribution in [0.3, 0.4) is 0 Å². The van der Waals surface area contributed by atoms with Crippen LogP contribution in [0, 0.1) is 0 Å². The van der Waals surface area contributed by atoms with Crippen LogP contribution in [0.2, 0.25) is 0 Å². The summed E-state index contributed by atoms with van der Waals surface area (Å²) in [5.41, 5.74) is 0.650. The van der Waals surface area contributed by atoms with Gasteiger partial charge in [-0.25, -0.2) is 0 Å². The Bertz CT molecular complexity index is 248. The first-order valence-electron chi connectivity index (χ1n) is 3.30. The minimum atomic E-state index is -0.133. The number of aromatic nitrogens is 1. The summed E-state index contributed by atoms with van der Waals surface area (Å²) in [5, 5.41) is 0. The van der Waals surface area contributed by atoms with Crippen LogP contribution in [0.25, 0.3) is 0 Å². The Morgan fingerprint density at radius 1 is 1.67 bits per heavy atom. The predicted octanol–water partition coefficient (Wildman–Crippen LogP) is 2.63. The maximum atomic E-state index is 11.3. The summed E-state index contributed by atoms with van der Waals surface area (Å²) >= 11 is 3.20. The average molecular weight is 295 g/mol. The summed E-state index contributed by atoms with van der Waals surface area (Å²) in [6.45, 7) is 1.80. The molecule has 0 amide bonds.